The van der Waals surface area contributed by atoms with Crippen LogP contribution in [0.2, 0.25) is 5.02 Å². The summed E-state index contributed by atoms with van der Waals surface area (Å²) in [6, 6.07) is 7.60. The predicted octanol–water partition coefficient (Wildman–Crippen LogP) is 2.85. The van der Waals surface area contributed by atoms with Crippen LogP contribution in [0.1, 0.15) is 11.1 Å². The van der Waals surface area contributed by atoms with Crippen molar-refractivity contribution < 1.29 is 23.0 Å². The van der Waals surface area contributed by atoms with E-state index >= 15 is 0 Å². The second kappa shape index (κ2) is 7.29. The Labute approximate surface area is 146 Å². The van der Waals surface area contributed by atoms with Crippen molar-refractivity contribution in [1.82, 2.24) is 4.72 Å². The second-order valence-corrected chi connectivity index (χ2v) is 7.14. The lowest BCUT2D eigenvalue weighted by Gasteiger charge is -2.15. The molecule has 24 heavy (non-hydrogen) atoms. The molecule has 0 aliphatic heterocycles. The van der Waals surface area contributed by atoms with E-state index in [1.807, 2.05) is 6.92 Å². The van der Waals surface area contributed by atoms with Crippen molar-refractivity contribution in [3.63, 3.8) is 0 Å². The number of aromatic hydroxyl groups is 1. The molecule has 0 aliphatic carbocycles. The van der Waals surface area contributed by atoms with Crippen LogP contribution in [0.5, 0.6) is 17.2 Å². The highest BCUT2D eigenvalue weighted by Gasteiger charge is 2.21. The Balaban J connectivity index is 2.29. The van der Waals surface area contributed by atoms with Crippen LogP contribution in [0.3, 0.4) is 0 Å². The third kappa shape index (κ3) is 3.58. The molecule has 8 heteroatoms. The third-order valence-electron chi connectivity index (χ3n) is 3.60. The summed E-state index contributed by atoms with van der Waals surface area (Å²) in [7, 11) is -0.874. The van der Waals surface area contributed by atoms with Crippen LogP contribution in [0.4, 0.5) is 0 Å². The summed E-state index contributed by atoms with van der Waals surface area (Å²) in [5.41, 5.74) is 1.48. The zero-order valence-electron chi connectivity index (χ0n) is 13.5. The number of ether oxygens (including phenoxy) is 2. The zero-order valence-corrected chi connectivity index (χ0v) is 15.0. The Kier molecular flexibility index (Phi) is 5.58. The summed E-state index contributed by atoms with van der Waals surface area (Å²) in [6.07, 6.45) is 0. The van der Waals surface area contributed by atoms with Crippen molar-refractivity contribution in [2.45, 2.75) is 18.4 Å². The summed E-state index contributed by atoms with van der Waals surface area (Å²) in [5.74, 6) is 0.629. The molecule has 0 atom stereocenters. The molecule has 2 rings (SSSR count). The first kappa shape index (κ1) is 18.4. The lowest BCUT2D eigenvalue weighted by molar-refractivity contribution is 0.352. The molecule has 0 aromatic heterocycles. The molecule has 2 N–H and O–H groups in total. The number of hydrogen-bond donors (Lipinski definition) is 2. The summed E-state index contributed by atoms with van der Waals surface area (Å²) < 4.78 is 37.7. The Morgan fingerprint density at radius 3 is 2.50 bits per heavy atom. The molecule has 0 spiro atoms. The topological polar surface area (TPSA) is 84.9 Å². The van der Waals surface area contributed by atoms with Gasteiger partial charge in [0.15, 0.2) is 17.2 Å². The maximum Gasteiger partial charge on any atom is 0.244 e. The fourth-order valence-electron chi connectivity index (χ4n) is 2.28. The molecular formula is C16H18ClNO5S. The summed E-state index contributed by atoms with van der Waals surface area (Å²) in [6.45, 7) is 1.84. The number of hydrogen-bond acceptors (Lipinski definition) is 5. The maximum absolute atomic E-state index is 12.4. The third-order valence-corrected chi connectivity index (χ3v) is 5.34. The molecule has 2 aromatic carbocycles. The van der Waals surface area contributed by atoms with Crippen LogP contribution in [0.25, 0.3) is 0 Å². The average molecular weight is 372 g/mol. The number of benzene rings is 2. The van der Waals surface area contributed by atoms with Crippen molar-refractivity contribution >= 4 is 21.6 Å². The predicted molar refractivity (Wildman–Crippen MR) is 91.4 cm³/mol. The van der Waals surface area contributed by atoms with Gasteiger partial charge in [0.25, 0.3) is 0 Å². The fraction of sp³-hybridized carbons (Fsp3) is 0.250. The van der Waals surface area contributed by atoms with E-state index in [1.165, 1.54) is 32.4 Å². The maximum atomic E-state index is 12.4. The molecule has 0 saturated heterocycles. The minimum Gasteiger partial charge on any atom is -0.505 e. The van der Waals surface area contributed by atoms with Gasteiger partial charge in [0.2, 0.25) is 10.0 Å². The Hall–Kier alpha value is -1.96. The quantitative estimate of drug-likeness (QED) is 0.815. The monoisotopic (exact) mass is 371 g/mol. The van der Waals surface area contributed by atoms with E-state index in [9.17, 15) is 13.5 Å². The molecule has 0 unspecified atom stereocenters. The van der Waals surface area contributed by atoms with Crippen LogP contribution >= 0.6 is 11.6 Å². The molecular weight excluding hydrogens is 354 g/mol. The zero-order chi connectivity index (χ0) is 17.9. The Bertz CT molecular complexity index is 852. The summed E-state index contributed by atoms with van der Waals surface area (Å²) in [5, 5.41) is 9.82. The molecule has 0 bridgehead atoms. The largest absolute Gasteiger partial charge is 0.505 e. The molecule has 130 valence electrons. The first-order chi connectivity index (χ1) is 11.3. The van der Waals surface area contributed by atoms with Gasteiger partial charge in [-0.2, -0.15) is 0 Å². The summed E-state index contributed by atoms with van der Waals surface area (Å²) in [4.78, 5) is -0.270. The van der Waals surface area contributed by atoms with Crippen molar-refractivity contribution in [2.75, 3.05) is 14.2 Å². The van der Waals surface area contributed by atoms with E-state index in [2.05, 4.69) is 4.72 Å². The average Bonchev–Trinajstić information content (AvgIpc) is 2.55. The van der Waals surface area contributed by atoms with E-state index in [0.717, 1.165) is 11.1 Å². The Morgan fingerprint density at radius 1 is 1.17 bits per heavy atom. The van der Waals surface area contributed by atoms with E-state index in [1.54, 1.807) is 12.1 Å². The first-order valence-electron chi connectivity index (χ1n) is 6.99. The Morgan fingerprint density at radius 2 is 1.88 bits per heavy atom. The molecule has 0 saturated carbocycles. The van der Waals surface area contributed by atoms with Gasteiger partial charge in [-0.15, -0.1) is 0 Å². The van der Waals surface area contributed by atoms with Crippen molar-refractivity contribution in [3.05, 3.63) is 46.5 Å². The van der Waals surface area contributed by atoms with E-state index in [0.29, 0.717) is 11.5 Å². The van der Waals surface area contributed by atoms with Crippen molar-refractivity contribution in [1.29, 1.82) is 0 Å². The highest BCUT2D eigenvalue weighted by atomic mass is 35.5. The van der Waals surface area contributed by atoms with Crippen LogP contribution in [0.15, 0.2) is 35.2 Å². The minimum absolute atomic E-state index is 0.0276. The SMILES string of the molecule is COc1ccc(CNS(=O)(=O)c2cccc(Cl)c2O)c(C)c1OC. The number of phenols is 1. The minimum atomic E-state index is -3.92. The van der Waals surface area contributed by atoms with Gasteiger partial charge < -0.3 is 14.6 Å². The van der Waals surface area contributed by atoms with Crippen LogP contribution < -0.4 is 14.2 Å². The van der Waals surface area contributed by atoms with Gasteiger partial charge in [-0.25, -0.2) is 13.1 Å². The van der Waals surface area contributed by atoms with E-state index in [-0.39, 0.29) is 16.5 Å². The van der Waals surface area contributed by atoms with Crippen LogP contribution in [0, 0.1) is 6.92 Å². The smallest absolute Gasteiger partial charge is 0.244 e. The van der Waals surface area contributed by atoms with Crippen LogP contribution in [-0.2, 0) is 16.6 Å². The normalized spacial score (nSPS) is 11.3. The first-order valence-corrected chi connectivity index (χ1v) is 8.85. The molecule has 0 amide bonds. The van der Waals surface area contributed by atoms with Gasteiger partial charge in [-0.05, 0) is 36.2 Å². The van der Waals surface area contributed by atoms with Gasteiger partial charge in [-0.3, -0.25) is 0 Å². The fourth-order valence-corrected chi connectivity index (χ4v) is 3.63. The highest BCUT2D eigenvalue weighted by molar-refractivity contribution is 7.89. The number of para-hydroxylation sites is 1. The molecule has 0 heterocycles. The molecule has 0 radical (unpaired) electrons. The summed E-state index contributed by atoms with van der Waals surface area (Å²) >= 11 is 5.76. The van der Waals surface area contributed by atoms with E-state index in [4.69, 9.17) is 21.1 Å². The van der Waals surface area contributed by atoms with E-state index < -0.39 is 15.8 Å². The number of sulfonamides is 1. The number of halogens is 1. The number of methoxy groups -OCH3 is 2. The number of nitrogens with one attached hydrogen (secondary N) is 1. The van der Waals surface area contributed by atoms with Crippen LogP contribution in [-0.4, -0.2) is 27.7 Å². The molecule has 0 aliphatic rings. The number of rotatable bonds is 6. The van der Waals surface area contributed by atoms with Gasteiger partial charge in [0, 0.05) is 6.54 Å². The van der Waals surface area contributed by atoms with Gasteiger partial charge in [0.05, 0.1) is 19.2 Å². The van der Waals surface area contributed by atoms with Gasteiger partial charge in [0.1, 0.15) is 4.90 Å². The second-order valence-electron chi connectivity index (χ2n) is 5.00. The highest BCUT2D eigenvalue weighted by Crippen LogP contribution is 2.33. The van der Waals surface area contributed by atoms with Gasteiger partial charge in [-0.1, -0.05) is 23.7 Å². The van der Waals surface area contributed by atoms with Crippen molar-refractivity contribution in [2.24, 2.45) is 0 Å². The van der Waals surface area contributed by atoms with Gasteiger partial charge >= 0.3 is 0 Å². The standard InChI is InChI=1S/C16H18ClNO5S/c1-10-11(7-8-13(22-2)16(10)23-3)9-18-24(20,21)14-6-4-5-12(17)15(14)19/h4-8,18-19H,9H2,1-3H3. The molecule has 2 aromatic rings. The molecule has 0 fully saturated rings. The lowest BCUT2D eigenvalue weighted by atomic mass is 10.1. The van der Waals surface area contributed by atoms with Crippen molar-refractivity contribution in [3.8, 4) is 17.2 Å². The number of phenolic OH excluding ortho intramolecular Hbond substituents is 1. The molecule has 6 nitrogen and oxygen atoms in total. The lowest BCUT2D eigenvalue weighted by Crippen LogP contribution is -2.23.